The van der Waals surface area contributed by atoms with Gasteiger partial charge in [-0.15, -0.1) is 0 Å². The number of carboxylic acid groups (broad SMARTS) is 1. The molecule has 3 heterocycles. The van der Waals surface area contributed by atoms with Crippen LogP contribution in [0.15, 0.2) is 29.5 Å². The van der Waals surface area contributed by atoms with Crippen molar-refractivity contribution in [3.05, 3.63) is 40.6 Å². The molecule has 0 radical (unpaired) electrons. The molecule has 3 aromatic heterocycles. The smallest absolute Gasteiger partial charge is 0.323 e. The summed E-state index contributed by atoms with van der Waals surface area (Å²) in [4.78, 5) is 40.2. The quantitative estimate of drug-likeness (QED) is 0.658. The lowest BCUT2D eigenvalue weighted by Crippen LogP contribution is -2.33. The van der Waals surface area contributed by atoms with Gasteiger partial charge in [0.1, 0.15) is 23.5 Å². The Balaban J connectivity index is 2.41. The fourth-order valence-corrected chi connectivity index (χ4v) is 2.86. The fraction of sp³-hybridized carbons (Fsp3) is 0.235. The van der Waals surface area contributed by atoms with Gasteiger partial charge in [-0.25, -0.2) is 4.98 Å². The van der Waals surface area contributed by atoms with Crippen LogP contribution in [0.5, 0.6) is 5.75 Å². The number of amides is 1. The molecule has 0 atom stereocenters. The Bertz CT molecular complexity index is 1110. The minimum atomic E-state index is -1.23. The average Bonchev–Trinajstić information content (AvgIpc) is 3.07. The molecule has 0 unspecified atom stereocenters. The molecule has 0 aliphatic heterocycles. The molecule has 27 heavy (non-hydrogen) atoms. The third-order valence-corrected chi connectivity index (χ3v) is 4.05. The van der Waals surface area contributed by atoms with Crippen molar-refractivity contribution in [1.82, 2.24) is 24.6 Å². The maximum Gasteiger partial charge on any atom is 0.323 e. The molecule has 3 rings (SSSR count). The fourth-order valence-electron chi connectivity index (χ4n) is 2.86. The summed E-state index contributed by atoms with van der Waals surface area (Å²) in [7, 11) is 4.59. The highest BCUT2D eigenvalue weighted by Gasteiger charge is 2.21. The van der Waals surface area contributed by atoms with Gasteiger partial charge in [0.15, 0.2) is 0 Å². The number of pyridine rings is 2. The maximum atomic E-state index is 12.6. The summed E-state index contributed by atoms with van der Waals surface area (Å²) in [5.41, 5.74) is 0.491. The van der Waals surface area contributed by atoms with Crippen LogP contribution in [0, 0.1) is 0 Å². The second-order valence-corrected chi connectivity index (χ2v) is 5.77. The van der Waals surface area contributed by atoms with Crippen LogP contribution < -0.4 is 15.6 Å². The zero-order chi connectivity index (χ0) is 19.7. The van der Waals surface area contributed by atoms with Crippen molar-refractivity contribution >= 4 is 22.9 Å². The van der Waals surface area contributed by atoms with Crippen molar-refractivity contribution in [3.63, 3.8) is 0 Å². The molecule has 3 aromatic rings. The van der Waals surface area contributed by atoms with E-state index in [2.05, 4.69) is 15.4 Å². The summed E-state index contributed by atoms with van der Waals surface area (Å²) in [6.45, 7) is -0.636. The van der Waals surface area contributed by atoms with Gasteiger partial charge < -0.3 is 15.2 Å². The van der Waals surface area contributed by atoms with E-state index in [4.69, 9.17) is 9.84 Å². The van der Waals surface area contributed by atoms with Crippen LogP contribution in [0.3, 0.4) is 0 Å². The third kappa shape index (κ3) is 3.12. The Labute approximate surface area is 153 Å². The molecule has 0 aliphatic rings. The first-order chi connectivity index (χ1) is 12.9. The number of carbonyl (C=O) groups excluding carboxylic acids is 1. The van der Waals surface area contributed by atoms with E-state index in [0.717, 1.165) is 10.1 Å². The minimum Gasteiger partial charge on any atom is -0.495 e. The maximum absolute atomic E-state index is 12.6. The van der Waals surface area contributed by atoms with Crippen molar-refractivity contribution in [1.29, 1.82) is 0 Å². The SMILES string of the molecule is CNC(=O)c1cc2c(OC)c(-c3cnn(C)c3)cnc2n(CC(=O)O)c1=O. The average molecular weight is 371 g/mol. The zero-order valence-corrected chi connectivity index (χ0v) is 14.9. The summed E-state index contributed by atoms with van der Waals surface area (Å²) in [5, 5.41) is 16.0. The number of nitrogens with zero attached hydrogens (tertiary/aromatic N) is 4. The van der Waals surface area contributed by atoms with Crippen LogP contribution >= 0.6 is 0 Å². The summed E-state index contributed by atoms with van der Waals surface area (Å²) >= 11 is 0. The molecule has 10 heteroatoms. The number of carboxylic acids is 1. The second-order valence-electron chi connectivity index (χ2n) is 5.77. The van der Waals surface area contributed by atoms with Gasteiger partial charge in [0.2, 0.25) is 0 Å². The number of aliphatic carboxylic acids is 1. The number of fused-ring (bicyclic) bond motifs is 1. The molecule has 0 aliphatic carbocycles. The molecular weight excluding hydrogens is 354 g/mol. The first-order valence-electron chi connectivity index (χ1n) is 7.90. The molecule has 140 valence electrons. The Morgan fingerprint density at radius 3 is 2.63 bits per heavy atom. The number of carbonyl (C=O) groups is 2. The number of nitrogens with one attached hydrogen (secondary N) is 1. The summed E-state index contributed by atoms with van der Waals surface area (Å²) in [6, 6.07) is 1.36. The highest BCUT2D eigenvalue weighted by atomic mass is 16.5. The molecule has 0 saturated heterocycles. The van der Waals surface area contributed by atoms with E-state index in [9.17, 15) is 14.4 Å². The van der Waals surface area contributed by atoms with Crippen LogP contribution in [-0.4, -0.2) is 50.5 Å². The third-order valence-electron chi connectivity index (χ3n) is 4.05. The molecule has 0 fully saturated rings. The molecule has 1 amide bonds. The molecule has 2 N–H and O–H groups in total. The topological polar surface area (TPSA) is 128 Å². The minimum absolute atomic E-state index is 0.111. The number of hydrogen-bond donors (Lipinski definition) is 2. The zero-order valence-electron chi connectivity index (χ0n) is 14.9. The Kier molecular flexibility index (Phi) is 4.63. The second kappa shape index (κ2) is 6.90. The van der Waals surface area contributed by atoms with Crippen molar-refractivity contribution in [2.45, 2.75) is 6.54 Å². The molecule has 0 bridgehead atoms. The first kappa shape index (κ1) is 18.1. The molecular formula is C17H17N5O5. The van der Waals surface area contributed by atoms with Crippen LogP contribution in [-0.2, 0) is 18.4 Å². The Morgan fingerprint density at radius 1 is 1.33 bits per heavy atom. The highest BCUT2D eigenvalue weighted by molar-refractivity contribution is 5.99. The largest absolute Gasteiger partial charge is 0.495 e. The van der Waals surface area contributed by atoms with Gasteiger partial charge >= 0.3 is 5.97 Å². The van der Waals surface area contributed by atoms with Gasteiger partial charge in [-0.05, 0) is 6.07 Å². The number of ether oxygens (including phenoxy) is 1. The Hall–Kier alpha value is -3.69. The lowest BCUT2D eigenvalue weighted by molar-refractivity contribution is -0.137. The van der Waals surface area contributed by atoms with Crippen molar-refractivity contribution < 1.29 is 19.4 Å². The normalized spacial score (nSPS) is 10.8. The molecule has 0 saturated carbocycles. The standard InChI is InChI=1S/C17H17N5O5/c1-18-16(25)11-4-10-14(27-3)12(9-5-20-21(2)7-9)6-19-15(10)22(17(11)26)8-13(23)24/h4-7H,8H2,1-3H3,(H,18,25)(H,23,24). The summed E-state index contributed by atoms with van der Waals surface area (Å²) in [6.07, 6.45) is 4.87. The van der Waals surface area contributed by atoms with Crippen LogP contribution in [0.2, 0.25) is 0 Å². The Morgan fingerprint density at radius 2 is 2.07 bits per heavy atom. The summed E-state index contributed by atoms with van der Waals surface area (Å²) < 4.78 is 8.07. The number of rotatable bonds is 5. The first-order valence-corrected chi connectivity index (χ1v) is 7.90. The van der Waals surface area contributed by atoms with E-state index in [1.165, 1.54) is 26.4 Å². The van der Waals surface area contributed by atoms with E-state index in [-0.39, 0.29) is 11.2 Å². The highest BCUT2D eigenvalue weighted by Crippen LogP contribution is 2.35. The lowest BCUT2D eigenvalue weighted by Gasteiger charge is -2.14. The van der Waals surface area contributed by atoms with Crippen LogP contribution in [0.4, 0.5) is 0 Å². The van der Waals surface area contributed by atoms with E-state index >= 15 is 0 Å². The molecule has 10 nitrogen and oxygen atoms in total. The van der Waals surface area contributed by atoms with E-state index in [0.29, 0.717) is 16.7 Å². The predicted molar refractivity (Wildman–Crippen MR) is 95.8 cm³/mol. The predicted octanol–water partition coefficient (Wildman–Crippen LogP) is 0.250. The van der Waals surface area contributed by atoms with Gasteiger partial charge in [0, 0.05) is 37.6 Å². The monoisotopic (exact) mass is 371 g/mol. The number of aromatic nitrogens is 4. The van der Waals surface area contributed by atoms with E-state index < -0.39 is 24.0 Å². The van der Waals surface area contributed by atoms with Crippen molar-refractivity contribution in [2.24, 2.45) is 7.05 Å². The van der Waals surface area contributed by atoms with Crippen LogP contribution in [0.1, 0.15) is 10.4 Å². The van der Waals surface area contributed by atoms with E-state index in [1.54, 1.807) is 24.1 Å². The van der Waals surface area contributed by atoms with Gasteiger partial charge in [-0.2, -0.15) is 5.10 Å². The number of aryl methyl sites for hydroxylation is 1. The molecule has 0 aromatic carbocycles. The van der Waals surface area contributed by atoms with Crippen molar-refractivity contribution in [2.75, 3.05) is 14.2 Å². The molecule has 0 spiro atoms. The summed E-state index contributed by atoms with van der Waals surface area (Å²) in [5.74, 6) is -1.50. The van der Waals surface area contributed by atoms with Gasteiger partial charge in [-0.3, -0.25) is 23.6 Å². The van der Waals surface area contributed by atoms with Crippen molar-refractivity contribution in [3.8, 4) is 16.9 Å². The van der Waals surface area contributed by atoms with Crippen LogP contribution in [0.25, 0.3) is 22.2 Å². The number of hydrogen-bond acceptors (Lipinski definition) is 6. The van der Waals surface area contributed by atoms with Gasteiger partial charge in [0.05, 0.1) is 18.7 Å². The van der Waals surface area contributed by atoms with Gasteiger partial charge in [-0.1, -0.05) is 0 Å². The number of methoxy groups -OCH3 is 1. The van der Waals surface area contributed by atoms with Gasteiger partial charge in [0.25, 0.3) is 11.5 Å². The lowest BCUT2D eigenvalue weighted by atomic mass is 10.1. The van der Waals surface area contributed by atoms with E-state index in [1.807, 2.05) is 0 Å².